The number of hydrogen-bond acceptors (Lipinski definition) is 1. The fourth-order valence-corrected chi connectivity index (χ4v) is 1.01. The van der Waals surface area contributed by atoms with E-state index in [1.807, 2.05) is 26.0 Å². The molecule has 5 heteroatoms. The minimum atomic E-state index is -0.698. The Bertz CT molecular complexity index is 407. The van der Waals surface area contributed by atoms with E-state index in [4.69, 9.17) is 5.53 Å². The Morgan fingerprint density at radius 3 is 2.71 bits per heavy atom. The molecule has 1 aromatic rings. The summed E-state index contributed by atoms with van der Waals surface area (Å²) >= 11 is 0. The Morgan fingerprint density at radius 1 is 1.43 bits per heavy atom. The number of nitrogens with zero attached hydrogens (tertiary/aromatic N) is 3. The third kappa shape index (κ3) is 2.50. The summed E-state index contributed by atoms with van der Waals surface area (Å²) in [5.74, 6) is 0. The van der Waals surface area contributed by atoms with E-state index in [1.54, 1.807) is 6.07 Å². The van der Waals surface area contributed by atoms with Crippen LogP contribution in [-0.4, -0.2) is 6.03 Å². The van der Waals surface area contributed by atoms with Crippen molar-refractivity contribution in [3.63, 3.8) is 0 Å². The van der Waals surface area contributed by atoms with Gasteiger partial charge in [-0.25, -0.2) is 0 Å². The topological polar surface area (TPSA) is 77.9 Å². The molecule has 0 radical (unpaired) electrons. The average molecular weight is 190 g/mol. The molecule has 0 atom stereocenters. The Kier molecular flexibility index (Phi) is 3.09. The predicted octanol–water partition coefficient (Wildman–Crippen LogP) is 3.15. The molecule has 1 rings (SSSR count). The van der Waals surface area contributed by atoms with Crippen molar-refractivity contribution in [3.8, 4) is 0 Å². The molecular formula is C9H10N4O. The minimum Gasteiger partial charge on any atom is -0.321 e. The maximum absolute atomic E-state index is 10.9. The molecule has 0 aliphatic rings. The van der Waals surface area contributed by atoms with E-state index in [0.29, 0.717) is 5.69 Å². The number of urea groups is 1. The van der Waals surface area contributed by atoms with Gasteiger partial charge in [0.05, 0.1) is 0 Å². The van der Waals surface area contributed by atoms with Crippen LogP contribution in [0.5, 0.6) is 0 Å². The standard InChI is InChI=1S/C9H10N4O/c1-6-3-4-8(5-7(6)2)11-9(14)12-13-10/h3-5H,1-2H3,(H,11,14). The second kappa shape index (κ2) is 4.30. The van der Waals surface area contributed by atoms with Crippen molar-refractivity contribution in [3.05, 3.63) is 39.8 Å². The highest BCUT2D eigenvalue weighted by atomic mass is 16.2. The van der Waals surface area contributed by atoms with Gasteiger partial charge in [-0.05, 0) is 42.6 Å². The summed E-state index contributed by atoms with van der Waals surface area (Å²) in [6.45, 7) is 3.92. The molecule has 14 heavy (non-hydrogen) atoms. The van der Waals surface area contributed by atoms with Gasteiger partial charge in [-0.3, -0.25) is 4.79 Å². The third-order valence-electron chi connectivity index (χ3n) is 1.89. The van der Waals surface area contributed by atoms with Crippen LogP contribution in [-0.2, 0) is 0 Å². The maximum atomic E-state index is 10.9. The Hall–Kier alpha value is -2.00. The smallest absolute Gasteiger partial charge is 0.312 e. The van der Waals surface area contributed by atoms with Gasteiger partial charge in [0.1, 0.15) is 0 Å². The van der Waals surface area contributed by atoms with Crippen molar-refractivity contribution in [1.82, 2.24) is 0 Å². The van der Waals surface area contributed by atoms with Gasteiger partial charge in [-0.1, -0.05) is 6.07 Å². The van der Waals surface area contributed by atoms with Crippen LogP contribution in [0, 0.1) is 13.8 Å². The second-order valence-electron chi connectivity index (χ2n) is 2.92. The first-order chi connectivity index (χ1) is 6.63. The molecule has 72 valence electrons. The normalized spacial score (nSPS) is 9.00. The van der Waals surface area contributed by atoms with Gasteiger partial charge in [0, 0.05) is 15.7 Å². The highest BCUT2D eigenvalue weighted by Crippen LogP contribution is 2.14. The van der Waals surface area contributed by atoms with Crippen LogP contribution in [0.25, 0.3) is 10.4 Å². The van der Waals surface area contributed by atoms with Gasteiger partial charge in [0.25, 0.3) is 0 Å². The number of nitrogens with one attached hydrogen (secondary N) is 1. The van der Waals surface area contributed by atoms with Gasteiger partial charge in [-0.2, -0.15) is 0 Å². The zero-order valence-corrected chi connectivity index (χ0v) is 7.98. The summed E-state index contributed by atoms with van der Waals surface area (Å²) in [6, 6.07) is 4.77. The molecule has 1 N–H and O–H groups in total. The number of benzene rings is 1. The van der Waals surface area contributed by atoms with E-state index in [1.165, 1.54) is 0 Å². The molecule has 0 saturated carbocycles. The van der Waals surface area contributed by atoms with Crippen LogP contribution in [0.1, 0.15) is 11.1 Å². The van der Waals surface area contributed by atoms with Crippen LogP contribution in [0.2, 0.25) is 0 Å². The first kappa shape index (κ1) is 10.1. The number of carbonyl (C=O) groups excluding carboxylic acids is 1. The summed E-state index contributed by atoms with van der Waals surface area (Å²) in [5, 5.41) is 5.35. The third-order valence-corrected chi connectivity index (χ3v) is 1.89. The number of anilines is 1. The molecular weight excluding hydrogens is 180 g/mol. The Labute approximate surface area is 81.4 Å². The molecule has 0 bridgehead atoms. The highest BCUT2D eigenvalue weighted by Gasteiger charge is 1.99. The minimum absolute atomic E-state index is 0.630. The number of carbonyl (C=O) groups is 1. The molecule has 5 nitrogen and oxygen atoms in total. The Morgan fingerprint density at radius 2 is 2.14 bits per heavy atom. The van der Waals surface area contributed by atoms with Crippen LogP contribution in [0.4, 0.5) is 10.5 Å². The van der Waals surface area contributed by atoms with Gasteiger partial charge >= 0.3 is 6.03 Å². The van der Waals surface area contributed by atoms with Crippen molar-refractivity contribution in [2.24, 2.45) is 5.11 Å². The number of aryl methyl sites for hydroxylation is 2. The van der Waals surface area contributed by atoms with E-state index in [0.717, 1.165) is 11.1 Å². The van der Waals surface area contributed by atoms with Crippen LogP contribution in [0.15, 0.2) is 23.3 Å². The molecule has 0 aliphatic carbocycles. The van der Waals surface area contributed by atoms with E-state index >= 15 is 0 Å². The van der Waals surface area contributed by atoms with E-state index in [9.17, 15) is 4.79 Å². The molecule has 0 spiro atoms. The first-order valence-electron chi connectivity index (χ1n) is 4.07. The summed E-state index contributed by atoms with van der Waals surface area (Å²) in [4.78, 5) is 13.3. The van der Waals surface area contributed by atoms with E-state index in [2.05, 4.69) is 15.3 Å². The second-order valence-corrected chi connectivity index (χ2v) is 2.92. The van der Waals surface area contributed by atoms with E-state index < -0.39 is 6.03 Å². The molecule has 0 heterocycles. The largest absolute Gasteiger partial charge is 0.321 e. The molecule has 1 aromatic carbocycles. The van der Waals surface area contributed by atoms with Crippen molar-refractivity contribution >= 4 is 11.7 Å². The lowest BCUT2D eigenvalue weighted by Gasteiger charge is -2.04. The maximum Gasteiger partial charge on any atom is 0.312 e. The molecule has 2 amide bonds. The van der Waals surface area contributed by atoms with Gasteiger partial charge in [0.2, 0.25) is 0 Å². The lowest BCUT2D eigenvalue weighted by atomic mass is 10.1. The lowest BCUT2D eigenvalue weighted by molar-refractivity contribution is 0.259. The fraction of sp³-hybridized carbons (Fsp3) is 0.222. The number of rotatable bonds is 1. The van der Waals surface area contributed by atoms with Gasteiger partial charge < -0.3 is 5.32 Å². The SMILES string of the molecule is Cc1ccc(NC(=O)N=[N+]=[N-])cc1C. The van der Waals surface area contributed by atoms with Crippen molar-refractivity contribution < 1.29 is 4.79 Å². The van der Waals surface area contributed by atoms with Crippen molar-refractivity contribution in [1.29, 1.82) is 0 Å². The zero-order chi connectivity index (χ0) is 10.6. The first-order valence-corrected chi connectivity index (χ1v) is 4.07. The van der Waals surface area contributed by atoms with E-state index in [-0.39, 0.29) is 0 Å². The number of azide groups is 1. The van der Waals surface area contributed by atoms with Crippen molar-refractivity contribution in [2.75, 3.05) is 5.32 Å². The summed E-state index contributed by atoms with van der Waals surface area (Å²) < 4.78 is 0. The molecule has 0 aromatic heterocycles. The highest BCUT2D eigenvalue weighted by molar-refractivity contribution is 5.89. The zero-order valence-electron chi connectivity index (χ0n) is 7.98. The van der Waals surface area contributed by atoms with Crippen LogP contribution in [0.3, 0.4) is 0 Å². The van der Waals surface area contributed by atoms with Gasteiger partial charge in [0.15, 0.2) is 0 Å². The monoisotopic (exact) mass is 190 g/mol. The molecule has 0 aliphatic heterocycles. The number of amides is 2. The molecule has 0 fully saturated rings. The fourth-order valence-electron chi connectivity index (χ4n) is 1.01. The average Bonchev–Trinajstić information content (AvgIpc) is 2.12. The summed E-state index contributed by atoms with van der Waals surface area (Å²) in [5.41, 5.74) is 10.9. The van der Waals surface area contributed by atoms with Crippen LogP contribution >= 0.6 is 0 Å². The van der Waals surface area contributed by atoms with Crippen molar-refractivity contribution in [2.45, 2.75) is 13.8 Å². The quantitative estimate of drug-likeness (QED) is 0.412. The summed E-state index contributed by atoms with van der Waals surface area (Å²) in [6.07, 6.45) is 0. The Balaban J connectivity index is 2.83. The lowest BCUT2D eigenvalue weighted by Crippen LogP contribution is -2.05. The number of hydrogen-bond donors (Lipinski definition) is 1. The summed E-state index contributed by atoms with van der Waals surface area (Å²) in [7, 11) is 0. The van der Waals surface area contributed by atoms with Gasteiger partial charge in [-0.15, -0.1) is 0 Å². The predicted molar refractivity (Wildman–Crippen MR) is 54.1 cm³/mol. The molecule has 0 unspecified atom stereocenters. The van der Waals surface area contributed by atoms with Crippen LogP contribution < -0.4 is 5.32 Å². The molecule has 0 saturated heterocycles.